The third-order valence-electron chi connectivity index (χ3n) is 5.16. The first-order valence-electron chi connectivity index (χ1n) is 9.46. The smallest absolute Gasteiger partial charge is 0.251 e. The predicted molar refractivity (Wildman–Crippen MR) is 101 cm³/mol. The Kier molecular flexibility index (Phi) is 7.18. The number of nitrogens with two attached hydrogens (primary N) is 2. The van der Waals surface area contributed by atoms with Crippen LogP contribution in [0.2, 0.25) is 0 Å². The average molecular weight is 359 g/mol. The summed E-state index contributed by atoms with van der Waals surface area (Å²) in [6.07, 6.45) is 9.26. The highest BCUT2D eigenvalue weighted by Gasteiger charge is 2.23. The van der Waals surface area contributed by atoms with Gasteiger partial charge in [-0.15, -0.1) is 0 Å². The van der Waals surface area contributed by atoms with Crippen molar-refractivity contribution in [1.82, 2.24) is 5.32 Å². The van der Waals surface area contributed by atoms with E-state index in [9.17, 15) is 14.4 Å². The maximum Gasteiger partial charge on any atom is 0.251 e. The first-order chi connectivity index (χ1) is 12.4. The van der Waals surface area contributed by atoms with Gasteiger partial charge in [-0.1, -0.05) is 32.6 Å². The van der Waals surface area contributed by atoms with Gasteiger partial charge in [0.15, 0.2) is 0 Å². The molecule has 5 N–H and O–H groups in total. The summed E-state index contributed by atoms with van der Waals surface area (Å²) in [5.74, 6) is -0.941. The van der Waals surface area contributed by atoms with Crippen molar-refractivity contribution in [3.63, 3.8) is 0 Å². The Morgan fingerprint density at radius 1 is 0.923 bits per heavy atom. The van der Waals surface area contributed by atoms with E-state index in [1.165, 1.54) is 43.9 Å². The quantitative estimate of drug-likeness (QED) is 0.620. The van der Waals surface area contributed by atoms with Gasteiger partial charge in [0.25, 0.3) is 5.91 Å². The molecule has 6 heteroatoms. The van der Waals surface area contributed by atoms with E-state index in [0.717, 1.165) is 31.6 Å². The Labute approximate surface area is 154 Å². The molecule has 0 aromatic heterocycles. The number of amides is 3. The number of hydrogen-bond donors (Lipinski definition) is 3. The molecule has 2 rings (SSSR count). The molecule has 0 bridgehead atoms. The van der Waals surface area contributed by atoms with E-state index in [4.69, 9.17) is 11.5 Å². The summed E-state index contributed by atoms with van der Waals surface area (Å²) in [5.41, 5.74) is 11.0. The Morgan fingerprint density at radius 2 is 1.46 bits per heavy atom. The van der Waals surface area contributed by atoms with Gasteiger partial charge in [0.2, 0.25) is 11.8 Å². The van der Waals surface area contributed by atoms with Crippen molar-refractivity contribution < 1.29 is 14.4 Å². The van der Waals surface area contributed by atoms with Gasteiger partial charge < -0.3 is 16.8 Å². The van der Waals surface area contributed by atoms with Gasteiger partial charge in [0.05, 0.1) is 0 Å². The molecule has 1 saturated carbocycles. The van der Waals surface area contributed by atoms with Crippen LogP contribution in [0.3, 0.4) is 0 Å². The number of primary amides is 2. The Morgan fingerprint density at radius 3 is 1.96 bits per heavy atom. The molecule has 1 fully saturated rings. The van der Waals surface area contributed by atoms with Gasteiger partial charge in [-0.2, -0.15) is 0 Å². The number of nitrogens with one attached hydrogen (secondary N) is 1. The number of unbranched alkanes of at least 4 members (excludes halogenated alkanes) is 2. The van der Waals surface area contributed by atoms with Gasteiger partial charge in [-0.25, -0.2) is 0 Å². The molecule has 1 aliphatic rings. The van der Waals surface area contributed by atoms with Gasteiger partial charge in [-0.3, -0.25) is 14.4 Å². The average Bonchev–Trinajstić information content (AvgIpc) is 2.62. The minimum atomic E-state index is -0.699. The zero-order valence-corrected chi connectivity index (χ0v) is 15.4. The zero-order chi connectivity index (χ0) is 19.1. The van der Waals surface area contributed by atoms with Crippen LogP contribution in [0, 0.1) is 5.92 Å². The summed E-state index contributed by atoms with van der Waals surface area (Å²) in [4.78, 5) is 35.4. The van der Waals surface area contributed by atoms with E-state index in [-0.39, 0.29) is 28.6 Å². The monoisotopic (exact) mass is 359 g/mol. The van der Waals surface area contributed by atoms with Crippen molar-refractivity contribution in [2.45, 2.75) is 64.3 Å². The molecule has 0 saturated heterocycles. The van der Waals surface area contributed by atoms with Gasteiger partial charge >= 0.3 is 0 Å². The second-order valence-corrected chi connectivity index (χ2v) is 7.21. The summed E-state index contributed by atoms with van der Waals surface area (Å²) in [6.45, 7) is 2.21. The molecule has 0 aliphatic heterocycles. The lowest BCUT2D eigenvalue weighted by molar-refractivity contribution is 0.0921. The summed E-state index contributed by atoms with van der Waals surface area (Å²) < 4.78 is 0. The summed E-state index contributed by atoms with van der Waals surface area (Å²) in [5, 5.41) is 3.01. The number of benzene rings is 1. The van der Waals surface area contributed by atoms with Crippen LogP contribution in [0.25, 0.3) is 0 Å². The third-order valence-corrected chi connectivity index (χ3v) is 5.16. The van der Waals surface area contributed by atoms with Crippen LogP contribution in [-0.4, -0.2) is 23.8 Å². The van der Waals surface area contributed by atoms with Crippen LogP contribution in [-0.2, 0) is 0 Å². The lowest BCUT2D eigenvalue weighted by Gasteiger charge is -2.29. The first kappa shape index (κ1) is 19.9. The first-order valence-corrected chi connectivity index (χ1v) is 9.46. The SMILES string of the molecule is CCCCCC1CCC(NC(=O)c2cc(C(N)=O)cc(C(N)=O)c2)CC1. The largest absolute Gasteiger partial charge is 0.366 e. The fourth-order valence-corrected chi connectivity index (χ4v) is 3.59. The lowest BCUT2D eigenvalue weighted by Crippen LogP contribution is -2.37. The number of hydrogen-bond acceptors (Lipinski definition) is 3. The van der Waals surface area contributed by atoms with Crippen molar-refractivity contribution >= 4 is 17.7 Å². The Bertz CT molecular complexity index is 632. The molecule has 6 nitrogen and oxygen atoms in total. The minimum Gasteiger partial charge on any atom is -0.366 e. The molecule has 142 valence electrons. The Balaban J connectivity index is 1.96. The molecule has 0 radical (unpaired) electrons. The maximum atomic E-state index is 12.5. The normalized spacial score (nSPS) is 19.7. The molecule has 1 aromatic carbocycles. The summed E-state index contributed by atoms with van der Waals surface area (Å²) in [7, 11) is 0. The van der Waals surface area contributed by atoms with E-state index in [1.807, 2.05) is 0 Å². The van der Waals surface area contributed by atoms with E-state index in [2.05, 4.69) is 12.2 Å². The van der Waals surface area contributed by atoms with Crippen molar-refractivity contribution in [3.05, 3.63) is 34.9 Å². The summed E-state index contributed by atoms with van der Waals surface area (Å²) >= 11 is 0. The van der Waals surface area contributed by atoms with Crippen LogP contribution in [0.4, 0.5) is 0 Å². The highest BCUT2D eigenvalue weighted by atomic mass is 16.2. The molecule has 26 heavy (non-hydrogen) atoms. The molecular formula is C20H29N3O3. The van der Waals surface area contributed by atoms with Crippen molar-refractivity contribution in [2.24, 2.45) is 17.4 Å². The molecule has 1 aromatic rings. The molecule has 3 amide bonds. The van der Waals surface area contributed by atoms with E-state index < -0.39 is 11.8 Å². The lowest BCUT2D eigenvalue weighted by atomic mass is 9.83. The van der Waals surface area contributed by atoms with Crippen molar-refractivity contribution in [2.75, 3.05) is 0 Å². The maximum absolute atomic E-state index is 12.5. The van der Waals surface area contributed by atoms with Crippen LogP contribution < -0.4 is 16.8 Å². The second-order valence-electron chi connectivity index (χ2n) is 7.21. The van der Waals surface area contributed by atoms with Gasteiger partial charge in [0, 0.05) is 22.7 Å². The number of carbonyl (C=O) groups excluding carboxylic acids is 3. The highest BCUT2D eigenvalue weighted by molar-refractivity contribution is 6.03. The topological polar surface area (TPSA) is 115 Å². The predicted octanol–water partition coefficient (Wildman–Crippen LogP) is 2.75. The van der Waals surface area contributed by atoms with Gasteiger partial charge in [-0.05, 0) is 49.8 Å². The summed E-state index contributed by atoms with van der Waals surface area (Å²) in [6, 6.07) is 4.24. The Hall–Kier alpha value is -2.37. The molecule has 0 spiro atoms. The standard InChI is InChI=1S/C20H29N3O3/c1-2-3-4-5-13-6-8-17(9-7-13)23-20(26)16-11-14(18(21)24)10-15(12-16)19(22)25/h10-13,17H,2-9H2,1H3,(H2,21,24)(H2,22,25)(H,23,26). The highest BCUT2D eigenvalue weighted by Crippen LogP contribution is 2.28. The van der Waals surface area contributed by atoms with Crippen LogP contribution in [0.1, 0.15) is 89.4 Å². The van der Waals surface area contributed by atoms with E-state index in [1.54, 1.807) is 0 Å². The number of rotatable bonds is 8. The van der Waals surface area contributed by atoms with Crippen LogP contribution >= 0.6 is 0 Å². The fourth-order valence-electron chi connectivity index (χ4n) is 3.59. The fraction of sp³-hybridized carbons (Fsp3) is 0.550. The van der Waals surface area contributed by atoms with Gasteiger partial charge in [0.1, 0.15) is 0 Å². The van der Waals surface area contributed by atoms with Crippen LogP contribution in [0.5, 0.6) is 0 Å². The molecular weight excluding hydrogens is 330 g/mol. The van der Waals surface area contributed by atoms with E-state index in [0.29, 0.717) is 0 Å². The number of carbonyl (C=O) groups is 3. The third kappa shape index (κ3) is 5.58. The molecule has 0 unspecified atom stereocenters. The van der Waals surface area contributed by atoms with E-state index >= 15 is 0 Å². The second kappa shape index (κ2) is 9.36. The molecule has 0 atom stereocenters. The molecule has 0 heterocycles. The van der Waals surface area contributed by atoms with Crippen molar-refractivity contribution in [3.8, 4) is 0 Å². The minimum absolute atomic E-state index is 0.103. The molecule has 1 aliphatic carbocycles. The zero-order valence-electron chi connectivity index (χ0n) is 15.4. The van der Waals surface area contributed by atoms with Crippen LogP contribution in [0.15, 0.2) is 18.2 Å². The van der Waals surface area contributed by atoms with Crippen molar-refractivity contribution in [1.29, 1.82) is 0 Å².